The van der Waals surface area contributed by atoms with E-state index in [1.54, 1.807) is 0 Å². The van der Waals surface area contributed by atoms with Crippen LogP contribution in [0.15, 0.2) is 0 Å². The Balaban J connectivity index is 1.53. The van der Waals surface area contributed by atoms with E-state index in [9.17, 15) is 9.90 Å². The van der Waals surface area contributed by atoms with E-state index in [2.05, 4.69) is 27.7 Å². The van der Waals surface area contributed by atoms with Gasteiger partial charge in [0.15, 0.2) is 0 Å². The molecule has 2 heteroatoms. The lowest BCUT2D eigenvalue weighted by atomic mass is 9.44. The molecule has 154 valence electrons. The van der Waals surface area contributed by atoms with Crippen LogP contribution in [0, 0.1) is 52.3 Å². The Morgan fingerprint density at radius 3 is 2.41 bits per heavy atom. The molecule has 0 spiro atoms. The molecule has 2 nitrogen and oxygen atoms in total. The van der Waals surface area contributed by atoms with Crippen molar-refractivity contribution in [3.8, 4) is 0 Å². The molecule has 0 heterocycles. The van der Waals surface area contributed by atoms with Crippen LogP contribution in [0.1, 0.15) is 91.9 Å². The zero-order valence-electron chi connectivity index (χ0n) is 18.1. The number of aliphatic hydroxyl groups excluding tert-OH is 1. The van der Waals surface area contributed by atoms with Gasteiger partial charge in [0.1, 0.15) is 6.29 Å². The maximum Gasteiger partial charge on any atom is 0.122 e. The smallest absolute Gasteiger partial charge is 0.122 e. The molecule has 4 rings (SSSR count). The molecule has 0 aliphatic heterocycles. The Kier molecular flexibility index (Phi) is 5.28. The first-order valence-corrected chi connectivity index (χ1v) is 11.9. The van der Waals surface area contributed by atoms with Crippen LogP contribution >= 0.6 is 0 Å². The van der Waals surface area contributed by atoms with Crippen LogP contribution in [0.25, 0.3) is 0 Å². The van der Waals surface area contributed by atoms with E-state index >= 15 is 0 Å². The van der Waals surface area contributed by atoms with E-state index in [1.165, 1.54) is 44.9 Å². The quantitative estimate of drug-likeness (QED) is 0.625. The molecule has 0 aromatic heterocycles. The third kappa shape index (κ3) is 3.13. The van der Waals surface area contributed by atoms with Gasteiger partial charge >= 0.3 is 0 Å². The average Bonchev–Trinajstić information content (AvgIpc) is 2.99. The van der Waals surface area contributed by atoms with Gasteiger partial charge in [0.2, 0.25) is 0 Å². The third-order valence-corrected chi connectivity index (χ3v) is 10.4. The molecule has 4 saturated carbocycles. The number of hydrogen-bond acceptors (Lipinski definition) is 2. The predicted molar refractivity (Wildman–Crippen MR) is 110 cm³/mol. The second-order valence-electron chi connectivity index (χ2n) is 11.6. The van der Waals surface area contributed by atoms with Gasteiger partial charge in [0, 0.05) is 5.92 Å². The standard InChI is InChI=1S/C25H42O2/c1-16(15-26)13-17(2)21-7-8-22-20-6-5-18-14-19(27)9-11-24(18,3)23(20)10-12-25(21,22)4/h15-23,27H,5-14H2,1-4H3/t16-,17-,18?,19-,20?,21-,22?,23?,24+,25-/m1/s1. The molecule has 4 aliphatic rings. The highest BCUT2D eigenvalue weighted by atomic mass is 16.3. The van der Waals surface area contributed by atoms with Gasteiger partial charge in [0.25, 0.3) is 0 Å². The van der Waals surface area contributed by atoms with E-state index < -0.39 is 0 Å². The zero-order valence-corrected chi connectivity index (χ0v) is 18.1. The third-order valence-electron chi connectivity index (χ3n) is 10.4. The Hall–Kier alpha value is -0.370. The molecule has 0 radical (unpaired) electrons. The van der Waals surface area contributed by atoms with Gasteiger partial charge in [-0.1, -0.05) is 27.7 Å². The zero-order chi connectivity index (χ0) is 19.4. The van der Waals surface area contributed by atoms with Crippen molar-refractivity contribution in [1.82, 2.24) is 0 Å². The van der Waals surface area contributed by atoms with Crippen molar-refractivity contribution in [3.63, 3.8) is 0 Å². The summed E-state index contributed by atoms with van der Waals surface area (Å²) in [7, 11) is 0. The van der Waals surface area contributed by atoms with E-state index in [-0.39, 0.29) is 12.0 Å². The summed E-state index contributed by atoms with van der Waals surface area (Å²) >= 11 is 0. The van der Waals surface area contributed by atoms with Crippen molar-refractivity contribution >= 4 is 6.29 Å². The second kappa shape index (κ2) is 7.15. The molecular weight excluding hydrogens is 332 g/mol. The van der Waals surface area contributed by atoms with Crippen LogP contribution < -0.4 is 0 Å². The van der Waals surface area contributed by atoms with Gasteiger partial charge < -0.3 is 9.90 Å². The Morgan fingerprint density at radius 2 is 1.67 bits per heavy atom. The molecule has 10 atom stereocenters. The maximum atomic E-state index is 11.2. The Bertz CT molecular complexity index is 559. The minimum absolute atomic E-state index is 0.0370. The van der Waals surface area contributed by atoms with Crippen LogP contribution in [0.4, 0.5) is 0 Å². The molecule has 4 aliphatic carbocycles. The second-order valence-corrected chi connectivity index (χ2v) is 11.6. The molecule has 0 saturated heterocycles. The summed E-state index contributed by atoms with van der Waals surface area (Å²) in [6.07, 6.45) is 13.9. The first-order chi connectivity index (χ1) is 12.8. The van der Waals surface area contributed by atoms with Crippen molar-refractivity contribution in [2.75, 3.05) is 0 Å². The van der Waals surface area contributed by atoms with E-state index in [4.69, 9.17) is 0 Å². The van der Waals surface area contributed by atoms with Gasteiger partial charge in [-0.3, -0.25) is 0 Å². The molecular formula is C25H42O2. The molecule has 0 amide bonds. The van der Waals surface area contributed by atoms with Crippen molar-refractivity contribution in [2.24, 2.45) is 52.3 Å². The average molecular weight is 375 g/mol. The fraction of sp³-hybridized carbons (Fsp3) is 0.960. The Labute approximate surface area is 166 Å². The fourth-order valence-electron chi connectivity index (χ4n) is 9.02. The molecule has 0 bridgehead atoms. The number of carbonyl (C=O) groups is 1. The molecule has 1 N–H and O–H groups in total. The highest BCUT2D eigenvalue weighted by Gasteiger charge is 2.60. The normalized spacial score (nSPS) is 51.6. The number of aldehydes is 1. The van der Waals surface area contributed by atoms with Crippen molar-refractivity contribution < 1.29 is 9.90 Å². The van der Waals surface area contributed by atoms with Crippen LogP contribution in [-0.2, 0) is 4.79 Å². The lowest BCUT2D eigenvalue weighted by Gasteiger charge is -2.61. The number of fused-ring (bicyclic) bond motifs is 5. The van der Waals surface area contributed by atoms with Crippen molar-refractivity contribution in [2.45, 2.75) is 98.0 Å². The van der Waals surface area contributed by atoms with Crippen LogP contribution in [0.3, 0.4) is 0 Å². The van der Waals surface area contributed by atoms with Crippen LogP contribution in [0.5, 0.6) is 0 Å². The summed E-state index contributed by atoms with van der Waals surface area (Å²) in [5.74, 6) is 5.17. The van der Waals surface area contributed by atoms with Gasteiger partial charge in [-0.15, -0.1) is 0 Å². The molecule has 27 heavy (non-hydrogen) atoms. The van der Waals surface area contributed by atoms with Crippen molar-refractivity contribution in [3.05, 3.63) is 0 Å². The topological polar surface area (TPSA) is 37.3 Å². The summed E-state index contributed by atoms with van der Waals surface area (Å²) in [6.45, 7) is 9.72. The van der Waals surface area contributed by atoms with Gasteiger partial charge in [-0.05, 0) is 111 Å². The predicted octanol–water partition coefficient (Wildman–Crippen LogP) is 5.87. The first kappa shape index (κ1) is 19.9. The first-order valence-electron chi connectivity index (χ1n) is 11.9. The Morgan fingerprint density at radius 1 is 0.963 bits per heavy atom. The summed E-state index contributed by atoms with van der Waals surface area (Å²) in [6, 6.07) is 0. The SMILES string of the molecule is C[C@H](C[C@@H](C)C=O)[C@H]1CCC2C3CCC4C[C@H](O)CC[C@]4(C)C3CC[C@@]21C. The van der Waals surface area contributed by atoms with Gasteiger partial charge in [-0.25, -0.2) is 0 Å². The lowest BCUT2D eigenvalue weighted by molar-refractivity contribution is -0.129. The van der Waals surface area contributed by atoms with Crippen LogP contribution in [-0.4, -0.2) is 17.5 Å². The summed E-state index contributed by atoms with van der Waals surface area (Å²) in [5.41, 5.74) is 0.986. The van der Waals surface area contributed by atoms with Gasteiger partial charge in [-0.2, -0.15) is 0 Å². The molecule has 0 aromatic carbocycles. The summed E-state index contributed by atoms with van der Waals surface area (Å²) < 4.78 is 0. The summed E-state index contributed by atoms with van der Waals surface area (Å²) in [5, 5.41) is 10.2. The number of rotatable bonds is 4. The van der Waals surface area contributed by atoms with E-state index in [0.29, 0.717) is 16.7 Å². The maximum absolute atomic E-state index is 11.2. The lowest BCUT2D eigenvalue weighted by Crippen LogP contribution is -2.54. The fourth-order valence-corrected chi connectivity index (χ4v) is 9.02. The number of carbonyl (C=O) groups excluding carboxylic acids is 1. The van der Waals surface area contributed by atoms with E-state index in [1.807, 2.05) is 0 Å². The minimum atomic E-state index is -0.0370. The monoisotopic (exact) mass is 374 g/mol. The van der Waals surface area contributed by atoms with Crippen LogP contribution in [0.2, 0.25) is 0 Å². The highest BCUT2D eigenvalue weighted by molar-refractivity contribution is 5.52. The molecule has 4 unspecified atom stereocenters. The number of aliphatic hydroxyl groups is 1. The van der Waals surface area contributed by atoms with E-state index in [0.717, 1.165) is 55.1 Å². The highest BCUT2D eigenvalue weighted by Crippen LogP contribution is 2.68. The number of hydrogen-bond donors (Lipinski definition) is 1. The molecule has 0 aromatic rings. The minimum Gasteiger partial charge on any atom is -0.393 e. The van der Waals surface area contributed by atoms with Crippen molar-refractivity contribution in [1.29, 1.82) is 0 Å². The van der Waals surface area contributed by atoms with Gasteiger partial charge in [0.05, 0.1) is 6.10 Å². The summed E-state index contributed by atoms with van der Waals surface area (Å²) in [4.78, 5) is 11.2. The molecule has 4 fully saturated rings. The largest absolute Gasteiger partial charge is 0.393 e.